The molecule has 0 aromatic carbocycles. The van der Waals surface area contributed by atoms with Crippen LogP contribution in [0.15, 0.2) is 28.4 Å². The van der Waals surface area contributed by atoms with E-state index in [1.165, 1.54) is 6.07 Å². The predicted molar refractivity (Wildman–Crippen MR) is 81.9 cm³/mol. The van der Waals surface area contributed by atoms with Gasteiger partial charge in [-0.2, -0.15) is 13.2 Å². The average Bonchev–Trinajstić information content (AvgIpc) is 3.18. The van der Waals surface area contributed by atoms with Crippen LogP contribution in [0.5, 0.6) is 0 Å². The zero-order chi connectivity index (χ0) is 18.2. The molecule has 11 heteroatoms. The standard InChI is InChI=1S/C14H10F4N4O2S/c15-5-9(23)19-6-7-4-10(24)22-13(20-7)11(8-2-1-3-25-8)12(21-22)14(16,17)18/h1-4,21H,5-6H2,(H,19,23). The van der Waals surface area contributed by atoms with E-state index in [9.17, 15) is 27.2 Å². The summed E-state index contributed by atoms with van der Waals surface area (Å²) in [6.45, 7) is -1.52. The van der Waals surface area contributed by atoms with Crippen LogP contribution in [-0.4, -0.2) is 27.2 Å². The van der Waals surface area contributed by atoms with Gasteiger partial charge in [0.25, 0.3) is 11.5 Å². The molecule has 132 valence electrons. The zero-order valence-electron chi connectivity index (χ0n) is 12.4. The summed E-state index contributed by atoms with van der Waals surface area (Å²) in [6.07, 6.45) is -4.72. The highest BCUT2D eigenvalue weighted by molar-refractivity contribution is 7.13. The number of thiophene rings is 1. The second kappa shape index (κ2) is 6.31. The quantitative estimate of drug-likeness (QED) is 0.688. The molecular formula is C14H10F4N4O2S. The lowest BCUT2D eigenvalue weighted by Gasteiger charge is -2.05. The van der Waals surface area contributed by atoms with E-state index in [-0.39, 0.29) is 28.3 Å². The number of carbonyl (C=O) groups is 1. The van der Waals surface area contributed by atoms with E-state index in [2.05, 4.69) is 10.3 Å². The third-order valence-corrected chi connectivity index (χ3v) is 4.20. The Morgan fingerprint density at radius 1 is 1.40 bits per heavy atom. The molecule has 25 heavy (non-hydrogen) atoms. The van der Waals surface area contributed by atoms with Crippen LogP contribution < -0.4 is 10.9 Å². The molecule has 0 bridgehead atoms. The van der Waals surface area contributed by atoms with Gasteiger partial charge in [-0.3, -0.25) is 14.7 Å². The van der Waals surface area contributed by atoms with Crippen LogP contribution in [0.3, 0.4) is 0 Å². The van der Waals surface area contributed by atoms with Gasteiger partial charge in [-0.25, -0.2) is 13.9 Å². The predicted octanol–water partition coefficient (Wildman–Crippen LogP) is 2.36. The maximum atomic E-state index is 13.3. The Kier molecular flexibility index (Phi) is 4.33. The molecular weight excluding hydrogens is 364 g/mol. The first-order valence-corrected chi connectivity index (χ1v) is 7.77. The number of hydrogen-bond donors (Lipinski definition) is 2. The summed E-state index contributed by atoms with van der Waals surface area (Å²) in [5, 5.41) is 5.82. The van der Waals surface area contributed by atoms with Gasteiger partial charge in [0, 0.05) is 10.9 Å². The molecule has 0 aliphatic carbocycles. The van der Waals surface area contributed by atoms with Crippen molar-refractivity contribution in [3.8, 4) is 10.4 Å². The Balaban J connectivity index is 2.20. The zero-order valence-corrected chi connectivity index (χ0v) is 13.2. The van der Waals surface area contributed by atoms with Crippen LogP contribution in [0.4, 0.5) is 17.6 Å². The summed E-state index contributed by atoms with van der Waals surface area (Å²) in [4.78, 5) is 27.4. The molecule has 0 saturated carbocycles. The molecule has 0 fully saturated rings. The summed E-state index contributed by atoms with van der Waals surface area (Å²) in [7, 11) is 0. The fraction of sp³-hybridized carbons (Fsp3) is 0.214. The number of carbonyl (C=O) groups excluding carboxylic acids is 1. The highest BCUT2D eigenvalue weighted by Crippen LogP contribution is 2.39. The number of fused-ring (bicyclic) bond motifs is 1. The topological polar surface area (TPSA) is 79.3 Å². The lowest BCUT2D eigenvalue weighted by Crippen LogP contribution is -2.26. The Morgan fingerprint density at radius 3 is 2.76 bits per heavy atom. The van der Waals surface area contributed by atoms with Crippen molar-refractivity contribution < 1.29 is 22.4 Å². The Bertz CT molecular complexity index is 975. The number of rotatable bonds is 4. The summed E-state index contributed by atoms with van der Waals surface area (Å²) in [6, 6.07) is 4.03. The summed E-state index contributed by atoms with van der Waals surface area (Å²) < 4.78 is 52.9. The third kappa shape index (κ3) is 3.27. The van der Waals surface area contributed by atoms with Gasteiger partial charge in [0.15, 0.2) is 12.3 Å². The van der Waals surface area contributed by atoms with Crippen molar-refractivity contribution in [1.29, 1.82) is 0 Å². The number of nitrogens with zero attached hydrogens (tertiary/aromatic N) is 2. The Morgan fingerprint density at radius 2 is 2.16 bits per heavy atom. The van der Waals surface area contributed by atoms with Gasteiger partial charge in [0.1, 0.15) is 5.69 Å². The fourth-order valence-electron chi connectivity index (χ4n) is 2.27. The van der Waals surface area contributed by atoms with Gasteiger partial charge in [-0.05, 0) is 11.4 Å². The number of aromatic nitrogens is 3. The molecule has 0 atom stereocenters. The van der Waals surface area contributed by atoms with Crippen molar-refractivity contribution in [1.82, 2.24) is 19.9 Å². The Hall–Kier alpha value is -2.69. The number of halogens is 4. The molecule has 0 unspecified atom stereocenters. The lowest BCUT2D eigenvalue weighted by molar-refractivity contribution is -0.140. The lowest BCUT2D eigenvalue weighted by atomic mass is 10.2. The SMILES string of the molecule is O=C(CF)NCc1cc(=O)n2[nH]c(C(F)(F)F)c(-c3cccs3)c2n1. The number of alkyl halides is 4. The van der Waals surface area contributed by atoms with E-state index in [0.717, 1.165) is 17.4 Å². The van der Waals surface area contributed by atoms with Crippen LogP contribution in [0.1, 0.15) is 11.4 Å². The van der Waals surface area contributed by atoms with Gasteiger partial charge >= 0.3 is 6.18 Å². The smallest absolute Gasteiger partial charge is 0.348 e. The van der Waals surface area contributed by atoms with Gasteiger partial charge in [0.2, 0.25) is 0 Å². The van der Waals surface area contributed by atoms with E-state index < -0.39 is 30.0 Å². The maximum Gasteiger partial charge on any atom is 0.433 e. The minimum absolute atomic E-state index is 0.0253. The van der Waals surface area contributed by atoms with Crippen molar-refractivity contribution in [2.24, 2.45) is 0 Å². The van der Waals surface area contributed by atoms with Crippen molar-refractivity contribution in [3.63, 3.8) is 0 Å². The molecule has 2 N–H and O–H groups in total. The molecule has 0 aliphatic heterocycles. The van der Waals surface area contributed by atoms with Crippen molar-refractivity contribution >= 4 is 22.9 Å². The molecule has 0 radical (unpaired) electrons. The molecule has 3 rings (SSSR count). The van der Waals surface area contributed by atoms with Gasteiger partial charge in [-0.15, -0.1) is 11.3 Å². The second-order valence-electron chi connectivity index (χ2n) is 4.99. The Labute approximate surface area is 141 Å². The third-order valence-electron chi connectivity index (χ3n) is 3.31. The molecule has 1 amide bonds. The largest absolute Gasteiger partial charge is 0.433 e. The van der Waals surface area contributed by atoms with E-state index in [4.69, 9.17) is 0 Å². The van der Waals surface area contributed by atoms with E-state index in [0.29, 0.717) is 4.52 Å². The molecule has 0 spiro atoms. The van der Waals surface area contributed by atoms with E-state index in [1.807, 2.05) is 5.10 Å². The minimum Gasteiger partial charge on any atom is -0.348 e. The molecule has 3 heterocycles. The van der Waals surface area contributed by atoms with Crippen LogP contribution in [0.25, 0.3) is 16.1 Å². The average molecular weight is 374 g/mol. The number of hydrogen-bond acceptors (Lipinski definition) is 4. The number of amides is 1. The molecule has 0 aliphatic rings. The highest BCUT2D eigenvalue weighted by Gasteiger charge is 2.38. The summed E-state index contributed by atoms with van der Waals surface area (Å²) in [5.41, 5.74) is -2.31. The first kappa shape index (κ1) is 17.1. The molecule has 3 aromatic heterocycles. The first-order chi connectivity index (χ1) is 11.8. The highest BCUT2D eigenvalue weighted by atomic mass is 32.1. The van der Waals surface area contributed by atoms with Gasteiger partial charge < -0.3 is 5.32 Å². The molecule has 3 aromatic rings. The van der Waals surface area contributed by atoms with Crippen LogP contribution in [0, 0.1) is 0 Å². The van der Waals surface area contributed by atoms with Crippen LogP contribution in [0.2, 0.25) is 0 Å². The van der Waals surface area contributed by atoms with Crippen molar-refractivity contribution in [2.45, 2.75) is 12.7 Å². The van der Waals surface area contributed by atoms with Gasteiger partial charge in [0.05, 0.1) is 17.8 Å². The van der Waals surface area contributed by atoms with Crippen molar-refractivity contribution in [2.75, 3.05) is 6.67 Å². The van der Waals surface area contributed by atoms with Crippen molar-refractivity contribution in [3.05, 3.63) is 45.3 Å². The minimum atomic E-state index is -4.72. The summed E-state index contributed by atoms with van der Waals surface area (Å²) >= 11 is 1.06. The van der Waals surface area contributed by atoms with Crippen LogP contribution in [-0.2, 0) is 17.5 Å². The van der Waals surface area contributed by atoms with E-state index >= 15 is 0 Å². The van der Waals surface area contributed by atoms with E-state index in [1.54, 1.807) is 11.4 Å². The normalized spacial score (nSPS) is 11.8. The number of nitrogens with one attached hydrogen (secondary N) is 2. The number of H-pyrrole nitrogens is 1. The molecule has 0 saturated heterocycles. The summed E-state index contributed by atoms with van der Waals surface area (Å²) in [5.74, 6) is -0.912. The fourth-order valence-corrected chi connectivity index (χ4v) is 3.04. The first-order valence-electron chi connectivity index (χ1n) is 6.89. The van der Waals surface area contributed by atoms with Gasteiger partial charge in [-0.1, -0.05) is 6.07 Å². The van der Waals surface area contributed by atoms with Crippen LogP contribution >= 0.6 is 11.3 Å². The number of aromatic amines is 1. The molecule has 6 nitrogen and oxygen atoms in total. The second-order valence-corrected chi connectivity index (χ2v) is 5.94. The maximum absolute atomic E-state index is 13.3. The monoisotopic (exact) mass is 374 g/mol.